The molecule has 0 radical (unpaired) electrons. The van der Waals surface area contributed by atoms with Gasteiger partial charge in [-0.3, -0.25) is 0 Å². The Labute approximate surface area is 185 Å². The molecule has 0 amide bonds. The predicted molar refractivity (Wildman–Crippen MR) is 129 cm³/mol. The van der Waals surface area contributed by atoms with E-state index >= 15 is 0 Å². The highest BCUT2D eigenvalue weighted by Crippen LogP contribution is 2.19. The van der Waals surface area contributed by atoms with Crippen molar-refractivity contribution in [1.82, 2.24) is 14.5 Å². The van der Waals surface area contributed by atoms with Crippen LogP contribution in [0.3, 0.4) is 0 Å². The van der Waals surface area contributed by atoms with Crippen molar-refractivity contribution in [3.63, 3.8) is 0 Å². The number of fused-ring (bicyclic) bond motifs is 1. The number of nitrogens with zero attached hydrogens (tertiary/aromatic N) is 4. The summed E-state index contributed by atoms with van der Waals surface area (Å²) in [5.41, 5.74) is 3.66. The minimum absolute atomic E-state index is 0.277. The summed E-state index contributed by atoms with van der Waals surface area (Å²) >= 11 is 0. The molecule has 1 heterocycles. The van der Waals surface area contributed by atoms with Crippen LogP contribution in [0.15, 0.2) is 107 Å². The molecule has 0 unspecified atom stereocenters. The van der Waals surface area contributed by atoms with Crippen LogP contribution in [-0.4, -0.2) is 20.7 Å². The van der Waals surface area contributed by atoms with Crippen molar-refractivity contribution < 1.29 is 0 Å². The van der Waals surface area contributed by atoms with Gasteiger partial charge in [-0.2, -0.15) is 9.78 Å². The smallest absolute Gasteiger partial charge is 0.244 e. The molecule has 5 nitrogen and oxygen atoms in total. The third-order valence-corrected chi connectivity index (χ3v) is 5.44. The Morgan fingerprint density at radius 3 is 2.38 bits per heavy atom. The van der Waals surface area contributed by atoms with Crippen molar-refractivity contribution in [3.8, 4) is 11.4 Å². The van der Waals surface area contributed by atoms with Crippen LogP contribution in [-0.2, 0) is 6.54 Å². The summed E-state index contributed by atoms with van der Waals surface area (Å²) in [5, 5.41) is 11.4. The van der Waals surface area contributed by atoms with Crippen LogP contribution in [0.5, 0.6) is 0 Å². The SMILES string of the molecule is Cc1ccc(-c2nn(Cc3ccccc3)c(=O)n2N=Cc2cccc3ccccc23)cc1. The lowest BCUT2D eigenvalue weighted by atomic mass is 10.1. The predicted octanol–water partition coefficient (Wildman–Crippen LogP) is 5.10. The number of rotatable bonds is 5. The standard InChI is InChI=1S/C27H22N4O/c1-20-14-16-23(17-15-20)26-29-30(19-21-8-3-2-4-9-21)27(32)31(26)28-18-24-12-7-11-22-10-5-6-13-25(22)24/h2-18H,19H2,1H3. The summed E-state index contributed by atoms with van der Waals surface area (Å²) in [6, 6.07) is 32.0. The van der Waals surface area contributed by atoms with Crippen molar-refractivity contribution in [2.24, 2.45) is 5.10 Å². The highest BCUT2D eigenvalue weighted by molar-refractivity contribution is 5.99. The summed E-state index contributed by atoms with van der Waals surface area (Å²) < 4.78 is 2.85. The van der Waals surface area contributed by atoms with Crippen LogP contribution in [0.2, 0.25) is 0 Å². The van der Waals surface area contributed by atoms with Gasteiger partial charge in [-0.05, 0) is 23.3 Å². The molecule has 156 valence electrons. The van der Waals surface area contributed by atoms with Gasteiger partial charge in [0.15, 0.2) is 5.82 Å². The molecule has 0 aliphatic heterocycles. The Kier molecular flexibility index (Phi) is 5.22. The van der Waals surface area contributed by atoms with Gasteiger partial charge in [0, 0.05) is 11.1 Å². The Balaban J connectivity index is 1.61. The van der Waals surface area contributed by atoms with Gasteiger partial charge in [-0.25, -0.2) is 9.48 Å². The zero-order chi connectivity index (χ0) is 21.9. The number of hydrogen-bond donors (Lipinski definition) is 0. The minimum atomic E-state index is -0.277. The van der Waals surface area contributed by atoms with Gasteiger partial charge < -0.3 is 0 Å². The van der Waals surface area contributed by atoms with Crippen molar-refractivity contribution in [2.45, 2.75) is 13.5 Å². The van der Waals surface area contributed by atoms with Gasteiger partial charge in [0.1, 0.15) is 0 Å². The summed E-state index contributed by atoms with van der Waals surface area (Å²) in [5.74, 6) is 0.516. The van der Waals surface area contributed by atoms with Crippen molar-refractivity contribution in [1.29, 1.82) is 0 Å². The molecule has 32 heavy (non-hydrogen) atoms. The fraction of sp³-hybridized carbons (Fsp3) is 0.0741. The van der Waals surface area contributed by atoms with Crippen LogP contribution in [0.1, 0.15) is 16.7 Å². The van der Waals surface area contributed by atoms with Crippen molar-refractivity contribution >= 4 is 17.0 Å². The molecule has 0 bridgehead atoms. The maximum absolute atomic E-state index is 13.3. The van der Waals surface area contributed by atoms with E-state index in [1.807, 2.05) is 85.8 Å². The molecule has 0 atom stereocenters. The zero-order valence-electron chi connectivity index (χ0n) is 17.7. The molecule has 0 aliphatic carbocycles. The first-order valence-corrected chi connectivity index (χ1v) is 10.5. The first-order valence-electron chi connectivity index (χ1n) is 10.5. The van der Waals surface area contributed by atoms with Crippen LogP contribution >= 0.6 is 0 Å². The maximum atomic E-state index is 13.3. The molecule has 0 saturated heterocycles. The Hall–Kier alpha value is -4.25. The average Bonchev–Trinajstić information content (AvgIpc) is 3.14. The summed E-state index contributed by atoms with van der Waals surface area (Å²) in [7, 11) is 0. The molecule has 5 heteroatoms. The van der Waals surface area contributed by atoms with E-state index in [0.717, 1.165) is 33.0 Å². The molecule has 0 spiro atoms. The third kappa shape index (κ3) is 3.88. The summed E-state index contributed by atoms with van der Waals surface area (Å²) in [6.07, 6.45) is 1.73. The van der Waals surface area contributed by atoms with Gasteiger partial charge in [-0.15, -0.1) is 5.10 Å². The molecule has 0 saturated carbocycles. The lowest BCUT2D eigenvalue weighted by molar-refractivity contribution is 0.645. The van der Waals surface area contributed by atoms with Gasteiger partial charge >= 0.3 is 5.69 Å². The molecule has 0 N–H and O–H groups in total. The van der Waals surface area contributed by atoms with Crippen LogP contribution < -0.4 is 5.69 Å². The fourth-order valence-electron chi connectivity index (χ4n) is 3.73. The maximum Gasteiger partial charge on any atom is 0.367 e. The quantitative estimate of drug-likeness (QED) is 0.373. The molecule has 0 fully saturated rings. The lowest BCUT2D eigenvalue weighted by Gasteiger charge is -2.03. The molecule has 5 rings (SSSR count). The highest BCUT2D eigenvalue weighted by Gasteiger charge is 2.15. The number of hydrogen-bond acceptors (Lipinski definition) is 3. The molecule has 5 aromatic rings. The van der Waals surface area contributed by atoms with Crippen molar-refractivity contribution in [3.05, 3.63) is 124 Å². The zero-order valence-corrected chi connectivity index (χ0v) is 17.7. The highest BCUT2D eigenvalue weighted by atomic mass is 16.2. The van der Waals surface area contributed by atoms with E-state index in [2.05, 4.69) is 28.4 Å². The van der Waals surface area contributed by atoms with Gasteiger partial charge in [0.05, 0.1) is 12.8 Å². The van der Waals surface area contributed by atoms with Crippen LogP contribution in [0, 0.1) is 6.92 Å². The fourth-order valence-corrected chi connectivity index (χ4v) is 3.73. The van der Waals surface area contributed by atoms with E-state index < -0.39 is 0 Å². The summed E-state index contributed by atoms with van der Waals surface area (Å²) in [6.45, 7) is 2.42. The number of aromatic nitrogens is 3. The lowest BCUT2D eigenvalue weighted by Crippen LogP contribution is -2.23. The van der Waals surface area contributed by atoms with Gasteiger partial charge in [-0.1, -0.05) is 103 Å². The Bertz CT molecular complexity index is 1460. The van der Waals surface area contributed by atoms with E-state index in [4.69, 9.17) is 0 Å². The van der Waals surface area contributed by atoms with Crippen LogP contribution in [0.25, 0.3) is 22.2 Å². The molecule has 0 aliphatic rings. The summed E-state index contributed by atoms with van der Waals surface area (Å²) in [4.78, 5) is 13.3. The van der Waals surface area contributed by atoms with E-state index in [-0.39, 0.29) is 5.69 Å². The largest absolute Gasteiger partial charge is 0.367 e. The molecule has 1 aromatic heterocycles. The molecule has 4 aromatic carbocycles. The van der Waals surface area contributed by atoms with Gasteiger partial charge in [0.25, 0.3) is 0 Å². The topological polar surface area (TPSA) is 52.2 Å². The second kappa shape index (κ2) is 8.47. The van der Waals surface area contributed by atoms with E-state index in [1.54, 1.807) is 6.21 Å². The normalized spacial score (nSPS) is 11.4. The monoisotopic (exact) mass is 418 g/mol. The van der Waals surface area contributed by atoms with Crippen molar-refractivity contribution in [2.75, 3.05) is 0 Å². The Morgan fingerprint density at radius 1 is 0.844 bits per heavy atom. The molecular weight excluding hydrogens is 396 g/mol. The second-order valence-corrected chi connectivity index (χ2v) is 7.74. The second-order valence-electron chi connectivity index (χ2n) is 7.74. The average molecular weight is 419 g/mol. The first kappa shape index (κ1) is 19.7. The minimum Gasteiger partial charge on any atom is -0.244 e. The van der Waals surface area contributed by atoms with Crippen LogP contribution in [0.4, 0.5) is 0 Å². The number of aryl methyl sites for hydroxylation is 1. The van der Waals surface area contributed by atoms with Gasteiger partial charge in [0.2, 0.25) is 0 Å². The van der Waals surface area contributed by atoms with E-state index in [9.17, 15) is 4.79 Å². The number of benzene rings is 4. The Morgan fingerprint density at radius 2 is 1.56 bits per heavy atom. The first-order chi connectivity index (χ1) is 15.7. The van der Waals surface area contributed by atoms with E-state index in [1.165, 1.54) is 9.36 Å². The van der Waals surface area contributed by atoms with E-state index in [0.29, 0.717) is 12.4 Å². The molecular formula is C27H22N4O. The third-order valence-electron chi connectivity index (χ3n) is 5.44.